The zero-order valence-corrected chi connectivity index (χ0v) is 13.0. The second kappa shape index (κ2) is 6.88. The monoisotopic (exact) mass is 299 g/mol. The molecule has 112 valence electrons. The van der Waals surface area contributed by atoms with Gasteiger partial charge in [0.05, 0.1) is 5.60 Å². The second-order valence-corrected chi connectivity index (χ2v) is 6.05. The highest BCUT2D eigenvalue weighted by Gasteiger charge is 2.38. The van der Waals surface area contributed by atoms with Crippen LogP contribution in [0.15, 0.2) is 18.2 Å². The zero-order valence-electron chi connectivity index (χ0n) is 12.2. The van der Waals surface area contributed by atoms with Crippen LogP contribution in [0.3, 0.4) is 0 Å². The van der Waals surface area contributed by atoms with Crippen LogP contribution in [0.2, 0.25) is 5.02 Å². The first-order chi connectivity index (χ1) is 9.58. The Labute approximate surface area is 125 Å². The molecule has 1 aliphatic carbocycles. The van der Waals surface area contributed by atoms with Crippen molar-refractivity contribution in [1.29, 1.82) is 0 Å². The number of hydrogen-bond acceptors (Lipinski definition) is 2. The number of methoxy groups -OCH3 is 1. The maximum Gasteiger partial charge on any atom is 0.123 e. The van der Waals surface area contributed by atoms with E-state index in [4.69, 9.17) is 16.3 Å². The fourth-order valence-electron chi connectivity index (χ4n) is 2.98. The van der Waals surface area contributed by atoms with Crippen LogP contribution in [0, 0.1) is 5.82 Å². The largest absolute Gasteiger partial charge is 0.378 e. The van der Waals surface area contributed by atoms with Crippen LogP contribution in [0.25, 0.3) is 0 Å². The van der Waals surface area contributed by atoms with Gasteiger partial charge >= 0.3 is 0 Å². The molecule has 20 heavy (non-hydrogen) atoms. The number of ether oxygens (including phenoxy) is 1. The van der Waals surface area contributed by atoms with Crippen molar-refractivity contribution in [2.75, 3.05) is 13.7 Å². The van der Waals surface area contributed by atoms with Gasteiger partial charge in [-0.1, -0.05) is 18.5 Å². The topological polar surface area (TPSA) is 21.3 Å². The minimum absolute atomic E-state index is 0.00659. The van der Waals surface area contributed by atoms with Gasteiger partial charge in [-0.3, -0.25) is 0 Å². The Morgan fingerprint density at radius 3 is 2.75 bits per heavy atom. The summed E-state index contributed by atoms with van der Waals surface area (Å²) < 4.78 is 19.1. The summed E-state index contributed by atoms with van der Waals surface area (Å²) >= 11 is 6.17. The van der Waals surface area contributed by atoms with Gasteiger partial charge in [0.15, 0.2) is 0 Å². The van der Waals surface area contributed by atoms with Crippen molar-refractivity contribution in [2.45, 2.75) is 50.7 Å². The maximum atomic E-state index is 13.4. The normalized spacial score (nSPS) is 18.6. The van der Waals surface area contributed by atoms with Crippen molar-refractivity contribution in [3.63, 3.8) is 0 Å². The molecule has 0 bridgehead atoms. The standard InChI is InChI=1S/C16H23ClFNO/c1-3-19-14(11-16(20-2)7-4-8-16)10-12-9-13(18)5-6-15(12)17/h5-6,9,14,19H,3-4,7-8,10-11H2,1-2H3. The molecule has 2 rings (SSSR count). The lowest BCUT2D eigenvalue weighted by Gasteiger charge is -2.43. The Kier molecular flexibility index (Phi) is 5.42. The van der Waals surface area contributed by atoms with E-state index >= 15 is 0 Å². The molecule has 0 heterocycles. The molecule has 0 spiro atoms. The highest BCUT2D eigenvalue weighted by atomic mass is 35.5. The van der Waals surface area contributed by atoms with Crippen LogP contribution >= 0.6 is 11.6 Å². The molecular formula is C16H23ClFNO. The molecular weight excluding hydrogens is 277 g/mol. The maximum absolute atomic E-state index is 13.4. The van der Waals surface area contributed by atoms with E-state index in [1.54, 1.807) is 13.2 Å². The zero-order chi connectivity index (χ0) is 14.6. The van der Waals surface area contributed by atoms with E-state index in [0.717, 1.165) is 37.8 Å². The van der Waals surface area contributed by atoms with Gasteiger partial charge < -0.3 is 10.1 Å². The van der Waals surface area contributed by atoms with Crippen LogP contribution < -0.4 is 5.32 Å². The fraction of sp³-hybridized carbons (Fsp3) is 0.625. The van der Waals surface area contributed by atoms with Crippen molar-refractivity contribution in [3.8, 4) is 0 Å². The van der Waals surface area contributed by atoms with Crippen molar-refractivity contribution in [3.05, 3.63) is 34.6 Å². The van der Waals surface area contributed by atoms with E-state index in [1.165, 1.54) is 18.6 Å². The quantitative estimate of drug-likeness (QED) is 0.823. The summed E-state index contributed by atoms with van der Waals surface area (Å²) in [7, 11) is 1.79. The number of halogens is 2. The highest BCUT2D eigenvalue weighted by molar-refractivity contribution is 6.31. The lowest BCUT2D eigenvalue weighted by molar-refractivity contribution is -0.0833. The van der Waals surface area contributed by atoms with Crippen LogP contribution in [0.5, 0.6) is 0 Å². The predicted octanol–water partition coefficient (Wildman–Crippen LogP) is 3.96. The van der Waals surface area contributed by atoms with Crippen molar-refractivity contribution >= 4 is 11.6 Å². The molecule has 0 aliphatic heterocycles. The average Bonchev–Trinajstić information content (AvgIpc) is 2.38. The molecule has 0 aromatic heterocycles. The fourth-order valence-corrected chi connectivity index (χ4v) is 3.18. The number of likely N-dealkylation sites (N-methyl/N-ethyl adjacent to an activating group) is 1. The Balaban J connectivity index is 2.06. The summed E-state index contributed by atoms with van der Waals surface area (Å²) in [5, 5.41) is 4.11. The molecule has 0 amide bonds. The Morgan fingerprint density at radius 2 is 2.20 bits per heavy atom. The number of benzene rings is 1. The Bertz CT molecular complexity index is 443. The molecule has 1 fully saturated rings. The van der Waals surface area contributed by atoms with Crippen molar-refractivity contribution in [2.24, 2.45) is 0 Å². The molecule has 1 atom stereocenters. The summed E-state index contributed by atoms with van der Waals surface area (Å²) in [6.45, 7) is 2.97. The Hall–Kier alpha value is -0.640. The van der Waals surface area contributed by atoms with Gasteiger partial charge in [0.2, 0.25) is 0 Å². The van der Waals surface area contributed by atoms with Gasteiger partial charge in [-0.15, -0.1) is 0 Å². The van der Waals surface area contributed by atoms with Crippen molar-refractivity contribution in [1.82, 2.24) is 5.32 Å². The molecule has 1 saturated carbocycles. The van der Waals surface area contributed by atoms with E-state index < -0.39 is 0 Å². The Morgan fingerprint density at radius 1 is 1.45 bits per heavy atom. The van der Waals surface area contributed by atoms with Gasteiger partial charge in [-0.05, 0) is 62.4 Å². The molecule has 2 nitrogen and oxygen atoms in total. The van der Waals surface area contributed by atoms with E-state index in [1.807, 2.05) is 0 Å². The summed E-state index contributed by atoms with van der Waals surface area (Å²) in [5.41, 5.74) is 0.871. The van der Waals surface area contributed by atoms with E-state index in [-0.39, 0.29) is 17.5 Å². The van der Waals surface area contributed by atoms with E-state index in [0.29, 0.717) is 5.02 Å². The van der Waals surface area contributed by atoms with Crippen LogP contribution in [-0.2, 0) is 11.2 Å². The highest BCUT2D eigenvalue weighted by Crippen LogP contribution is 2.39. The third kappa shape index (κ3) is 3.72. The van der Waals surface area contributed by atoms with Gasteiger partial charge in [-0.25, -0.2) is 4.39 Å². The second-order valence-electron chi connectivity index (χ2n) is 5.64. The van der Waals surface area contributed by atoms with Gasteiger partial charge in [-0.2, -0.15) is 0 Å². The third-order valence-corrected chi connectivity index (χ3v) is 4.65. The number of rotatable bonds is 7. The van der Waals surface area contributed by atoms with Gasteiger partial charge in [0.25, 0.3) is 0 Å². The summed E-state index contributed by atoms with van der Waals surface area (Å²) in [4.78, 5) is 0. The molecule has 1 N–H and O–H groups in total. The van der Waals surface area contributed by atoms with Crippen LogP contribution in [-0.4, -0.2) is 25.3 Å². The first kappa shape index (κ1) is 15.7. The van der Waals surface area contributed by atoms with Crippen LogP contribution in [0.4, 0.5) is 4.39 Å². The predicted molar refractivity (Wildman–Crippen MR) is 80.8 cm³/mol. The minimum Gasteiger partial charge on any atom is -0.378 e. The van der Waals surface area contributed by atoms with E-state index in [9.17, 15) is 4.39 Å². The number of nitrogens with one attached hydrogen (secondary N) is 1. The lowest BCUT2D eigenvalue weighted by Crippen LogP contribution is -2.46. The number of hydrogen-bond donors (Lipinski definition) is 1. The van der Waals surface area contributed by atoms with Gasteiger partial charge in [0, 0.05) is 18.2 Å². The SMILES string of the molecule is CCNC(Cc1cc(F)ccc1Cl)CC1(OC)CCC1. The summed E-state index contributed by atoms with van der Waals surface area (Å²) in [6, 6.07) is 4.83. The lowest BCUT2D eigenvalue weighted by atomic mass is 9.75. The molecule has 1 aromatic rings. The molecule has 0 saturated heterocycles. The molecule has 1 aliphatic rings. The summed E-state index contributed by atoms with van der Waals surface area (Å²) in [5.74, 6) is -0.232. The van der Waals surface area contributed by atoms with Crippen LogP contribution in [0.1, 0.15) is 38.2 Å². The van der Waals surface area contributed by atoms with E-state index in [2.05, 4.69) is 12.2 Å². The average molecular weight is 300 g/mol. The smallest absolute Gasteiger partial charge is 0.123 e. The molecule has 0 radical (unpaired) electrons. The molecule has 4 heteroatoms. The molecule has 1 aromatic carbocycles. The molecule has 1 unspecified atom stereocenters. The summed E-state index contributed by atoms with van der Waals surface area (Å²) in [6.07, 6.45) is 5.14. The minimum atomic E-state index is -0.232. The van der Waals surface area contributed by atoms with Gasteiger partial charge in [0.1, 0.15) is 5.82 Å². The van der Waals surface area contributed by atoms with Crippen molar-refractivity contribution < 1.29 is 9.13 Å². The third-order valence-electron chi connectivity index (χ3n) is 4.28. The first-order valence-corrected chi connectivity index (χ1v) is 7.69. The first-order valence-electron chi connectivity index (χ1n) is 7.31.